The highest BCUT2D eigenvalue weighted by molar-refractivity contribution is 9.10. The first-order valence-corrected chi connectivity index (χ1v) is 7.79. The molecule has 0 radical (unpaired) electrons. The van der Waals surface area contributed by atoms with Gasteiger partial charge >= 0.3 is 0 Å². The van der Waals surface area contributed by atoms with Crippen LogP contribution in [-0.4, -0.2) is 4.98 Å². The van der Waals surface area contributed by atoms with Crippen molar-refractivity contribution in [1.29, 1.82) is 0 Å². The third-order valence-electron chi connectivity index (χ3n) is 3.85. The minimum atomic E-state index is 0. The van der Waals surface area contributed by atoms with E-state index in [1.54, 1.807) is 11.3 Å². The van der Waals surface area contributed by atoms with Gasteiger partial charge in [0, 0.05) is 21.0 Å². The number of hydrogen-bond donors (Lipinski definition) is 1. The molecule has 2 aromatic rings. The summed E-state index contributed by atoms with van der Waals surface area (Å²) in [6, 6.07) is 8.70. The molecule has 0 atom stereocenters. The molecule has 2 nitrogen and oxygen atoms in total. The van der Waals surface area contributed by atoms with Gasteiger partial charge in [0.25, 0.3) is 0 Å². The highest BCUT2D eigenvalue weighted by Crippen LogP contribution is 2.48. The molecule has 1 heterocycles. The lowest BCUT2D eigenvalue weighted by molar-refractivity contribution is 0.545. The lowest BCUT2D eigenvalue weighted by Crippen LogP contribution is -2.22. The Morgan fingerprint density at radius 1 is 1.16 bits per heavy atom. The zero-order valence-corrected chi connectivity index (χ0v) is 14.5. The fourth-order valence-electron chi connectivity index (χ4n) is 2.93. The predicted octanol–water partition coefficient (Wildman–Crippen LogP) is 4.93. The Hall–Kier alpha value is -0.390. The topological polar surface area (TPSA) is 38.9 Å². The van der Waals surface area contributed by atoms with Gasteiger partial charge in [-0.3, -0.25) is 0 Å². The second kappa shape index (κ2) is 5.94. The molecule has 3 rings (SSSR count). The quantitative estimate of drug-likeness (QED) is 0.772. The predicted molar refractivity (Wildman–Crippen MR) is 90.2 cm³/mol. The average Bonchev–Trinajstić information content (AvgIpc) is 2.99. The molecule has 0 amide bonds. The summed E-state index contributed by atoms with van der Waals surface area (Å²) < 4.78 is 1.13. The average molecular weight is 404 g/mol. The standard InChI is InChI=1S/C14H15BrN2S.BrH/c15-11-5-3-10(4-6-11)14(7-1-2-8-14)12-9-17-13(16)18-12;/h3-6,9H,1-2,7-8H2,(H2,16,17);1H. The van der Waals surface area contributed by atoms with Crippen molar-refractivity contribution in [2.24, 2.45) is 0 Å². The number of thiazole rings is 1. The van der Waals surface area contributed by atoms with Crippen molar-refractivity contribution in [1.82, 2.24) is 4.98 Å². The van der Waals surface area contributed by atoms with Crippen LogP contribution in [0, 0.1) is 0 Å². The maximum atomic E-state index is 5.81. The molecule has 0 spiro atoms. The molecule has 1 saturated carbocycles. The molecule has 1 aliphatic rings. The molecular weight excluding hydrogens is 388 g/mol. The van der Waals surface area contributed by atoms with Crippen molar-refractivity contribution in [3.63, 3.8) is 0 Å². The molecule has 1 fully saturated rings. The van der Waals surface area contributed by atoms with Crippen LogP contribution >= 0.6 is 44.2 Å². The number of nitrogens with zero attached hydrogens (tertiary/aromatic N) is 1. The molecule has 2 N–H and O–H groups in total. The van der Waals surface area contributed by atoms with E-state index in [4.69, 9.17) is 5.73 Å². The van der Waals surface area contributed by atoms with E-state index in [0.717, 1.165) is 4.47 Å². The molecule has 1 aliphatic carbocycles. The number of benzene rings is 1. The lowest BCUT2D eigenvalue weighted by atomic mass is 9.78. The van der Waals surface area contributed by atoms with Crippen molar-refractivity contribution < 1.29 is 0 Å². The summed E-state index contributed by atoms with van der Waals surface area (Å²) in [6.07, 6.45) is 6.95. The molecule has 0 unspecified atom stereocenters. The number of halogens is 2. The minimum absolute atomic E-state index is 0. The van der Waals surface area contributed by atoms with Gasteiger partial charge in [-0.05, 0) is 30.5 Å². The molecule has 5 heteroatoms. The third-order valence-corrected chi connectivity index (χ3v) is 5.41. The van der Waals surface area contributed by atoms with E-state index in [1.165, 1.54) is 36.1 Å². The van der Waals surface area contributed by atoms with Crippen molar-refractivity contribution >= 4 is 49.4 Å². The number of nitrogens with two attached hydrogens (primary N) is 1. The van der Waals surface area contributed by atoms with Crippen LogP contribution in [-0.2, 0) is 5.41 Å². The largest absolute Gasteiger partial charge is 0.375 e. The normalized spacial score (nSPS) is 17.1. The monoisotopic (exact) mass is 402 g/mol. The van der Waals surface area contributed by atoms with Crippen LogP contribution in [0.2, 0.25) is 0 Å². The first-order valence-electron chi connectivity index (χ1n) is 6.18. The van der Waals surface area contributed by atoms with Gasteiger partial charge in [0.15, 0.2) is 5.13 Å². The fourth-order valence-corrected chi connectivity index (χ4v) is 4.15. The molecule has 0 saturated heterocycles. The summed E-state index contributed by atoms with van der Waals surface area (Å²) in [5.41, 5.74) is 7.35. The van der Waals surface area contributed by atoms with Crippen molar-refractivity contribution in [3.8, 4) is 0 Å². The van der Waals surface area contributed by atoms with E-state index in [0.29, 0.717) is 5.13 Å². The zero-order valence-electron chi connectivity index (χ0n) is 10.4. The first-order chi connectivity index (χ1) is 8.71. The summed E-state index contributed by atoms with van der Waals surface area (Å²) in [5.74, 6) is 0. The molecule has 102 valence electrons. The van der Waals surface area contributed by atoms with Gasteiger partial charge in [-0.15, -0.1) is 28.3 Å². The Balaban J connectivity index is 0.00000133. The molecule has 0 aliphatic heterocycles. The van der Waals surface area contributed by atoms with Gasteiger partial charge in [-0.1, -0.05) is 40.9 Å². The zero-order chi connectivity index (χ0) is 12.6. The number of rotatable bonds is 2. The van der Waals surface area contributed by atoms with Crippen LogP contribution in [0.15, 0.2) is 34.9 Å². The summed E-state index contributed by atoms with van der Waals surface area (Å²) in [5, 5.41) is 0.674. The van der Waals surface area contributed by atoms with Crippen LogP contribution < -0.4 is 5.73 Å². The highest BCUT2D eigenvalue weighted by Gasteiger charge is 2.38. The molecular formula is C14H16Br2N2S. The Labute approximate surface area is 136 Å². The summed E-state index contributed by atoms with van der Waals surface area (Å²) in [6.45, 7) is 0. The SMILES string of the molecule is Br.Nc1ncc(C2(c3ccc(Br)cc3)CCCC2)s1. The maximum absolute atomic E-state index is 5.81. The Bertz CT molecular complexity index is 545. The van der Waals surface area contributed by atoms with Crippen molar-refractivity contribution in [3.05, 3.63) is 45.4 Å². The van der Waals surface area contributed by atoms with Crippen LogP contribution in [0.5, 0.6) is 0 Å². The first kappa shape index (κ1) is 15.0. The van der Waals surface area contributed by atoms with Gasteiger partial charge in [-0.25, -0.2) is 4.98 Å². The Morgan fingerprint density at radius 2 is 1.79 bits per heavy atom. The van der Waals surface area contributed by atoms with Gasteiger partial charge in [0.2, 0.25) is 0 Å². The number of anilines is 1. The molecule has 0 bridgehead atoms. The Morgan fingerprint density at radius 3 is 2.32 bits per heavy atom. The van der Waals surface area contributed by atoms with Crippen molar-refractivity contribution in [2.75, 3.05) is 5.73 Å². The van der Waals surface area contributed by atoms with Crippen LogP contribution in [0.1, 0.15) is 36.1 Å². The molecule has 1 aromatic heterocycles. The second-order valence-corrected chi connectivity index (χ2v) is 6.84. The molecule has 1 aromatic carbocycles. The van der Waals surface area contributed by atoms with Gasteiger partial charge in [-0.2, -0.15) is 0 Å². The number of aromatic nitrogens is 1. The third kappa shape index (κ3) is 2.73. The van der Waals surface area contributed by atoms with Crippen molar-refractivity contribution in [2.45, 2.75) is 31.1 Å². The minimum Gasteiger partial charge on any atom is -0.375 e. The lowest BCUT2D eigenvalue weighted by Gasteiger charge is -2.28. The molecule has 19 heavy (non-hydrogen) atoms. The van der Waals surface area contributed by atoms with Crippen LogP contribution in [0.25, 0.3) is 0 Å². The number of nitrogen functional groups attached to an aromatic ring is 1. The summed E-state index contributed by atoms with van der Waals surface area (Å²) in [4.78, 5) is 5.56. The van der Waals surface area contributed by atoms with Crippen LogP contribution in [0.3, 0.4) is 0 Å². The van der Waals surface area contributed by atoms with Gasteiger partial charge in [0.05, 0.1) is 0 Å². The second-order valence-electron chi connectivity index (χ2n) is 4.86. The summed E-state index contributed by atoms with van der Waals surface area (Å²) in [7, 11) is 0. The maximum Gasteiger partial charge on any atom is 0.180 e. The van der Waals surface area contributed by atoms with E-state index >= 15 is 0 Å². The highest BCUT2D eigenvalue weighted by atomic mass is 79.9. The van der Waals surface area contributed by atoms with E-state index in [2.05, 4.69) is 45.2 Å². The Kier molecular flexibility index (Phi) is 4.69. The van der Waals surface area contributed by atoms with E-state index in [9.17, 15) is 0 Å². The van der Waals surface area contributed by atoms with Gasteiger partial charge in [0.1, 0.15) is 0 Å². The van der Waals surface area contributed by atoms with Crippen LogP contribution in [0.4, 0.5) is 5.13 Å². The van der Waals surface area contributed by atoms with E-state index < -0.39 is 0 Å². The number of hydrogen-bond acceptors (Lipinski definition) is 3. The van der Waals surface area contributed by atoms with E-state index in [-0.39, 0.29) is 22.4 Å². The van der Waals surface area contributed by atoms with E-state index in [1.807, 2.05) is 6.20 Å². The smallest absolute Gasteiger partial charge is 0.180 e. The summed E-state index contributed by atoms with van der Waals surface area (Å²) >= 11 is 5.14. The fraction of sp³-hybridized carbons (Fsp3) is 0.357. The van der Waals surface area contributed by atoms with Gasteiger partial charge < -0.3 is 5.73 Å².